The number of carbonyl (C=O) groups is 1. The summed E-state index contributed by atoms with van der Waals surface area (Å²) in [6, 6.07) is -0.0955. The lowest BCUT2D eigenvalue weighted by molar-refractivity contribution is -0.124. The zero-order valence-electron chi connectivity index (χ0n) is 10.8. The van der Waals surface area contributed by atoms with E-state index >= 15 is 0 Å². The van der Waals surface area contributed by atoms with E-state index in [0.29, 0.717) is 0 Å². The number of rotatable bonds is 4. The normalized spacial score (nSPS) is 28.1. The Morgan fingerprint density at radius 2 is 2.12 bits per heavy atom. The van der Waals surface area contributed by atoms with Crippen molar-refractivity contribution in [2.24, 2.45) is 17.3 Å². The minimum atomic E-state index is -0.0955. The van der Waals surface area contributed by atoms with Crippen LogP contribution >= 0.6 is 0 Å². The van der Waals surface area contributed by atoms with E-state index in [0.717, 1.165) is 32.4 Å². The standard InChI is InChI=1S/C13H24N2O2/c1-9(2)11(8-16)15-12(17)10-7-13(10)3-5-14-6-4-13/h9-11,14,16H,3-8H2,1-2H3,(H,15,17)/t10?,11-/m1/s1. The summed E-state index contributed by atoms with van der Waals surface area (Å²) in [5.74, 6) is 0.628. The van der Waals surface area contributed by atoms with Gasteiger partial charge in [0, 0.05) is 5.92 Å². The Morgan fingerprint density at radius 3 is 2.65 bits per heavy atom. The first-order chi connectivity index (χ1) is 8.09. The Hall–Kier alpha value is -0.610. The van der Waals surface area contributed by atoms with Gasteiger partial charge in [0.2, 0.25) is 5.91 Å². The summed E-state index contributed by atoms with van der Waals surface area (Å²) in [6.45, 7) is 6.15. The second-order valence-corrected chi connectivity index (χ2v) is 5.91. The summed E-state index contributed by atoms with van der Waals surface area (Å²) >= 11 is 0. The lowest BCUT2D eigenvalue weighted by Gasteiger charge is -2.25. The Morgan fingerprint density at radius 1 is 1.47 bits per heavy atom. The van der Waals surface area contributed by atoms with E-state index in [1.165, 1.54) is 0 Å². The molecule has 0 aromatic carbocycles. The van der Waals surface area contributed by atoms with Gasteiger partial charge in [0.25, 0.3) is 0 Å². The van der Waals surface area contributed by atoms with E-state index in [9.17, 15) is 9.90 Å². The minimum Gasteiger partial charge on any atom is -0.394 e. The fourth-order valence-corrected chi connectivity index (χ4v) is 2.90. The second-order valence-electron chi connectivity index (χ2n) is 5.91. The first-order valence-electron chi connectivity index (χ1n) is 6.71. The first kappa shape index (κ1) is 12.8. The molecule has 1 amide bonds. The van der Waals surface area contributed by atoms with Crippen molar-refractivity contribution in [3.05, 3.63) is 0 Å². The van der Waals surface area contributed by atoms with Gasteiger partial charge in [-0.05, 0) is 43.7 Å². The minimum absolute atomic E-state index is 0.0324. The number of piperidine rings is 1. The molecule has 1 saturated carbocycles. The molecule has 1 aliphatic carbocycles. The van der Waals surface area contributed by atoms with Crippen LogP contribution in [0.1, 0.15) is 33.1 Å². The van der Waals surface area contributed by atoms with Crippen LogP contribution in [0.25, 0.3) is 0 Å². The summed E-state index contributed by atoms with van der Waals surface area (Å²) in [5, 5.41) is 15.6. The smallest absolute Gasteiger partial charge is 0.223 e. The summed E-state index contributed by atoms with van der Waals surface area (Å²) in [6.07, 6.45) is 3.28. The fraction of sp³-hybridized carbons (Fsp3) is 0.923. The molecule has 2 atom stereocenters. The second kappa shape index (κ2) is 4.94. The Kier molecular flexibility index (Phi) is 3.73. The lowest BCUT2D eigenvalue weighted by atomic mass is 9.91. The lowest BCUT2D eigenvalue weighted by Crippen LogP contribution is -2.43. The van der Waals surface area contributed by atoms with E-state index in [1.807, 2.05) is 13.8 Å². The highest BCUT2D eigenvalue weighted by Gasteiger charge is 2.57. The molecule has 2 aliphatic rings. The van der Waals surface area contributed by atoms with E-state index < -0.39 is 0 Å². The van der Waals surface area contributed by atoms with Crippen molar-refractivity contribution in [1.82, 2.24) is 10.6 Å². The molecule has 0 aromatic rings. The first-order valence-corrected chi connectivity index (χ1v) is 6.71. The van der Waals surface area contributed by atoms with Crippen LogP contribution in [0.15, 0.2) is 0 Å². The van der Waals surface area contributed by atoms with Crippen LogP contribution in [0.4, 0.5) is 0 Å². The molecule has 4 heteroatoms. The van der Waals surface area contributed by atoms with Crippen LogP contribution in [0.3, 0.4) is 0 Å². The van der Waals surface area contributed by atoms with E-state index in [4.69, 9.17) is 0 Å². The summed E-state index contributed by atoms with van der Waals surface area (Å²) in [5.41, 5.74) is 0.284. The summed E-state index contributed by atoms with van der Waals surface area (Å²) in [4.78, 5) is 12.1. The maximum absolute atomic E-state index is 12.1. The van der Waals surface area contributed by atoms with E-state index in [2.05, 4.69) is 10.6 Å². The van der Waals surface area contributed by atoms with Gasteiger partial charge in [0.05, 0.1) is 12.6 Å². The molecule has 1 aliphatic heterocycles. The molecule has 1 saturated heterocycles. The topological polar surface area (TPSA) is 61.4 Å². The zero-order valence-corrected chi connectivity index (χ0v) is 10.8. The predicted molar refractivity (Wildman–Crippen MR) is 66.5 cm³/mol. The number of aliphatic hydroxyl groups is 1. The number of hydrogen-bond donors (Lipinski definition) is 3. The number of hydrogen-bond acceptors (Lipinski definition) is 3. The molecule has 1 heterocycles. The highest BCUT2D eigenvalue weighted by molar-refractivity contribution is 5.82. The van der Waals surface area contributed by atoms with Crippen molar-refractivity contribution in [1.29, 1.82) is 0 Å². The van der Waals surface area contributed by atoms with Crippen LogP contribution in [0, 0.1) is 17.3 Å². The number of aliphatic hydroxyl groups excluding tert-OH is 1. The summed E-state index contributed by atoms with van der Waals surface area (Å²) in [7, 11) is 0. The molecule has 2 rings (SSSR count). The molecule has 0 radical (unpaired) electrons. The summed E-state index contributed by atoms with van der Waals surface area (Å²) < 4.78 is 0. The largest absolute Gasteiger partial charge is 0.394 e. The third kappa shape index (κ3) is 2.63. The number of nitrogens with one attached hydrogen (secondary N) is 2. The van der Waals surface area contributed by atoms with Crippen LogP contribution in [-0.2, 0) is 4.79 Å². The van der Waals surface area contributed by atoms with Gasteiger partial charge >= 0.3 is 0 Å². The highest BCUT2D eigenvalue weighted by atomic mass is 16.3. The Balaban J connectivity index is 1.85. The van der Waals surface area contributed by atoms with Crippen LogP contribution in [-0.4, -0.2) is 36.8 Å². The van der Waals surface area contributed by atoms with Crippen LogP contribution in [0.5, 0.6) is 0 Å². The quantitative estimate of drug-likeness (QED) is 0.671. The average Bonchev–Trinajstić information content (AvgIpc) is 3.00. The molecule has 1 unspecified atom stereocenters. The van der Waals surface area contributed by atoms with E-state index in [-0.39, 0.29) is 35.8 Å². The van der Waals surface area contributed by atoms with Crippen molar-refractivity contribution < 1.29 is 9.90 Å². The van der Waals surface area contributed by atoms with Gasteiger partial charge in [-0.3, -0.25) is 4.79 Å². The van der Waals surface area contributed by atoms with Crippen molar-refractivity contribution in [2.45, 2.75) is 39.2 Å². The van der Waals surface area contributed by atoms with Crippen molar-refractivity contribution in [3.63, 3.8) is 0 Å². The Bertz CT molecular complexity index is 285. The SMILES string of the molecule is CC(C)[C@@H](CO)NC(=O)C1CC12CCNCC2. The number of amides is 1. The van der Waals surface area contributed by atoms with Gasteiger partial charge < -0.3 is 15.7 Å². The van der Waals surface area contributed by atoms with Gasteiger partial charge in [-0.1, -0.05) is 13.8 Å². The Labute approximate surface area is 103 Å². The molecule has 0 bridgehead atoms. The van der Waals surface area contributed by atoms with Crippen molar-refractivity contribution in [2.75, 3.05) is 19.7 Å². The highest BCUT2D eigenvalue weighted by Crippen LogP contribution is 2.58. The molecule has 98 valence electrons. The molecule has 0 aromatic heterocycles. The van der Waals surface area contributed by atoms with Gasteiger partial charge in [0.15, 0.2) is 0 Å². The molecule has 17 heavy (non-hydrogen) atoms. The van der Waals surface area contributed by atoms with Gasteiger partial charge in [-0.25, -0.2) is 0 Å². The fourth-order valence-electron chi connectivity index (χ4n) is 2.90. The third-order valence-electron chi connectivity index (χ3n) is 4.43. The van der Waals surface area contributed by atoms with E-state index in [1.54, 1.807) is 0 Å². The third-order valence-corrected chi connectivity index (χ3v) is 4.43. The molecule has 3 N–H and O–H groups in total. The monoisotopic (exact) mass is 240 g/mol. The zero-order chi connectivity index (χ0) is 12.5. The van der Waals surface area contributed by atoms with Crippen molar-refractivity contribution >= 4 is 5.91 Å². The maximum Gasteiger partial charge on any atom is 0.223 e. The van der Waals surface area contributed by atoms with Gasteiger partial charge in [-0.2, -0.15) is 0 Å². The maximum atomic E-state index is 12.1. The van der Waals surface area contributed by atoms with Gasteiger partial charge in [0.1, 0.15) is 0 Å². The molecule has 4 nitrogen and oxygen atoms in total. The molecular formula is C13H24N2O2. The average molecular weight is 240 g/mol. The van der Waals surface area contributed by atoms with Crippen LogP contribution < -0.4 is 10.6 Å². The molecule has 1 spiro atoms. The van der Waals surface area contributed by atoms with Gasteiger partial charge in [-0.15, -0.1) is 0 Å². The molecule has 2 fully saturated rings. The number of carbonyl (C=O) groups excluding carboxylic acids is 1. The van der Waals surface area contributed by atoms with Crippen LogP contribution in [0.2, 0.25) is 0 Å². The molecular weight excluding hydrogens is 216 g/mol. The van der Waals surface area contributed by atoms with Crippen molar-refractivity contribution in [3.8, 4) is 0 Å². The predicted octanol–water partition coefficient (Wildman–Crippen LogP) is 0.509.